The molecular formula is C14H12ClNO3. The van der Waals surface area contributed by atoms with Gasteiger partial charge in [-0.3, -0.25) is 4.98 Å². The highest BCUT2D eigenvalue weighted by Gasteiger charge is 2.13. The summed E-state index contributed by atoms with van der Waals surface area (Å²) in [4.78, 5) is 15.3. The van der Waals surface area contributed by atoms with E-state index in [2.05, 4.69) is 4.98 Å². The van der Waals surface area contributed by atoms with Crippen LogP contribution in [0, 0.1) is 0 Å². The molecule has 0 aliphatic rings. The minimum absolute atomic E-state index is 0.142. The number of carboxylic acids is 1. The molecule has 0 aliphatic carbocycles. The van der Waals surface area contributed by atoms with Gasteiger partial charge < -0.3 is 9.84 Å². The van der Waals surface area contributed by atoms with Gasteiger partial charge in [0.25, 0.3) is 0 Å². The lowest BCUT2D eigenvalue weighted by Gasteiger charge is -2.08. The van der Waals surface area contributed by atoms with Gasteiger partial charge >= 0.3 is 5.97 Å². The van der Waals surface area contributed by atoms with Crippen LogP contribution in [-0.2, 0) is 0 Å². The number of rotatable bonds is 4. The number of nitrogens with zero attached hydrogens (tertiary/aromatic N) is 1. The van der Waals surface area contributed by atoms with Crippen molar-refractivity contribution >= 4 is 17.6 Å². The fraction of sp³-hybridized carbons (Fsp3) is 0.143. The molecule has 4 nitrogen and oxygen atoms in total. The topological polar surface area (TPSA) is 59.4 Å². The minimum Gasteiger partial charge on any atom is -0.492 e. The van der Waals surface area contributed by atoms with E-state index in [4.69, 9.17) is 16.3 Å². The first kappa shape index (κ1) is 13.4. The van der Waals surface area contributed by atoms with Crippen molar-refractivity contribution in [3.8, 4) is 16.9 Å². The third-order valence-electron chi connectivity index (χ3n) is 2.55. The lowest BCUT2D eigenvalue weighted by molar-refractivity contribution is 0.0697. The van der Waals surface area contributed by atoms with Gasteiger partial charge in [-0.1, -0.05) is 17.7 Å². The summed E-state index contributed by atoms with van der Waals surface area (Å²) < 4.78 is 5.36. The maximum absolute atomic E-state index is 11.2. The van der Waals surface area contributed by atoms with E-state index in [-0.39, 0.29) is 5.56 Å². The first-order valence-corrected chi connectivity index (χ1v) is 6.10. The molecule has 1 N–H and O–H groups in total. The minimum atomic E-state index is -1.03. The van der Waals surface area contributed by atoms with Gasteiger partial charge in [-0.2, -0.15) is 0 Å². The van der Waals surface area contributed by atoms with Crippen molar-refractivity contribution in [1.29, 1.82) is 0 Å². The average molecular weight is 278 g/mol. The van der Waals surface area contributed by atoms with Crippen molar-refractivity contribution in [2.45, 2.75) is 6.92 Å². The Hall–Kier alpha value is -2.07. The molecule has 19 heavy (non-hydrogen) atoms. The fourth-order valence-electron chi connectivity index (χ4n) is 1.76. The molecule has 2 rings (SSSR count). The number of aromatic nitrogens is 1. The second-order valence-corrected chi connectivity index (χ2v) is 4.27. The molecule has 0 aliphatic heterocycles. The van der Waals surface area contributed by atoms with Crippen LogP contribution in [0.3, 0.4) is 0 Å². The maximum Gasteiger partial charge on any atom is 0.336 e. The molecule has 0 saturated carbocycles. The van der Waals surface area contributed by atoms with Crippen LogP contribution in [-0.4, -0.2) is 22.7 Å². The van der Waals surface area contributed by atoms with Gasteiger partial charge in [-0.15, -0.1) is 0 Å². The van der Waals surface area contributed by atoms with Gasteiger partial charge in [0.1, 0.15) is 5.75 Å². The summed E-state index contributed by atoms with van der Waals surface area (Å²) in [5.74, 6) is -0.425. The Kier molecular flexibility index (Phi) is 4.02. The SMILES string of the molecule is CCOc1cncc(-c2ccc(Cl)cc2C(=O)O)c1. The normalized spacial score (nSPS) is 10.2. The number of carbonyl (C=O) groups is 1. The predicted octanol–water partition coefficient (Wildman–Crippen LogP) is 3.50. The number of carboxylic acid groups (broad SMARTS) is 1. The fourth-order valence-corrected chi connectivity index (χ4v) is 1.93. The highest BCUT2D eigenvalue weighted by molar-refractivity contribution is 6.31. The smallest absolute Gasteiger partial charge is 0.336 e. The lowest BCUT2D eigenvalue weighted by Crippen LogP contribution is -2.00. The van der Waals surface area contributed by atoms with Crippen molar-refractivity contribution in [1.82, 2.24) is 4.98 Å². The lowest BCUT2D eigenvalue weighted by atomic mass is 10.0. The molecule has 0 unspecified atom stereocenters. The molecular weight excluding hydrogens is 266 g/mol. The summed E-state index contributed by atoms with van der Waals surface area (Å²) in [5.41, 5.74) is 1.38. The van der Waals surface area contributed by atoms with Crippen molar-refractivity contribution in [2.24, 2.45) is 0 Å². The zero-order valence-electron chi connectivity index (χ0n) is 10.3. The predicted molar refractivity (Wildman–Crippen MR) is 72.8 cm³/mol. The number of pyridine rings is 1. The van der Waals surface area contributed by atoms with Gasteiger partial charge in [-0.05, 0) is 30.7 Å². The largest absolute Gasteiger partial charge is 0.492 e. The van der Waals surface area contributed by atoms with E-state index in [0.29, 0.717) is 28.5 Å². The third-order valence-corrected chi connectivity index (χ3v) is 2.78. The molecule has 0 spiro atoms. The Bertz CT molecular complexity index is 613. The number of halogens is 1. The first-order chi connectivity index (χ1) is 9.11. The van der Waals surface area contributed by atoms with Crippen LogP contribution in [0.4, 0.5) is 0 Å². The molecule has 0 fully saturated rings. The highest BCUT2D eigenvalue weighted by Crippen LogP contribution is 2.28. The highest BCUT2D eigenvalue weighted by atomic mass is 35.5. The van der Waals surface area contributed by atoms with Gasteiger partial charge in [0.2, 0.25) is 0 Å². The van der Waals surface area contributed by atoms with Gasteiger partial charge in [-0.25, -0.2) is 4.79 Å². The molecule has 5 heteroatoms. The van der Waals surface area contributed by atoms with Crippen molar-refractivity contribution < 1.29 is 14.6 Å². The summed E-state index contributed by atoms with van der Waals surface area (Å²) in [6.45, 7) is 2.40. The average Bonchev–Trinajstić information content (AvgIpc) is 2.39. The standard InChI is InChI=1S/C14H12ClNO3/c1-2-19-11-5-9(7-16-8-11)12-4-3-10(15)6-13(12)14(17)18/h3-8H,2H2,1H3,(H,17,18). The van der Waals surface area contributed by atoms with Crippen molar-refractivity contribution in [3.63, 3.8) is 0 Å². The maximum atomic E-state index is 11.2. The zero-order valence-corrected chi connectivity index (χ0v) is 11.0. The number of hydrogen-bond donors (Lipinski definition) is 1. The summed E-state index contributed by atoms with van der Waals surface area (Å²) in [6.07, 6.45) is 3.18. The number of aromatic carboxylic acids is 1. The molecule has 0 bridgehead atoms. The molecule has 98 valence electrons. The first-order valence-electron chi connectivity index (χ1n) is 5.73. The zero-order chi connectivity index (χ0) is 13.8. The molecule has 0 saturated heterocycles. The van der Waals surface area contributed by atoms with E-state index < -0.39 is 5.97 Å². The molecule has 2 aromatic rings. The molecule has 0 amide bonds. The summed E-state index contributed by atoms with van der Waals surface area (Å²) in [7, 11) is 0. The van der Waals surface area contributed by atoms with Gasteiger partial charge in [0, 0.05) is 16.8 Å². The van der Waals surface area contributed by atoms with E-state index in [1.54, 1.807) is 30.6 Å². The Morgan fingerprint density at radius 3 is 2.84 bits per heavy atom. The van der Waals surface area contributed by atoms with Crippen molar-refractivity contribution in [2.75, 3.05) is 6.61 Å². The van der Waals surface area contributed by atoms with E-state index in [9.17, 15) is 9.90 Å². The van der Waals surface area contributed by atoms with Crippen LogP contribution in [0.5, 0.6) is 5.75 Å². The summed E-state index contributed by atoms with van der Waals surface area (Å²) in [5, 5.41) is 9.60. The van der Waals surface area contributed by atoms with E-state index >= 15 is 0 Å². The summed E-state index contributed by atoms with van der Waals surface area (Å²) >= 11 is 5.83. The Morgan fingerprint density at radius 1 is 1.37 bits per heavy atom. The van der Waals surface area contributed by atoms with Crippen LogP contribution in [0.1, 0.15) is 17.3 Å². The van der Waals surface area contributed by atoms with Gasteiger partial charge in [0.05, 0.1) is 18.4 Å². The number of ether oxygens (including phenoxy) is 1. The molecule has 0 radical (unpaired) electrons. The van der Waals surface area contributed by atoms with E-state index in [0.717, 1.165) is 0 Å². The monoisotopic (exact) mass is 277 g/mol. The Labute approximate surface area is 115 Å². The second-order valence-electron chi connectivity index (χ2n) is 3.84. The third kappa shape index (κ3) is 3.03. The van der Waals surface area contributed by atoms with Crippen molar-refractivity contribution in [3.05, 3.63) is 47.2 Å². The summed E-state index contributed by atoms with van der Waals surface area (Å²) in [6, 6.07) is 6.49. The number of hydrogen-bond acceptors (Lipinski definition) is 3. The van der Waals surface area contributed by atoms with Crippen LogP contribution in [0.15, 0.2) is 36.7 Å². The Morgan fingerprint density at radius 2 is 2.16 bits per heavy atom. The molecule has 1 heterocycles. The molecule has 1 aromatic heterocycles. The molecule has 1 aromatic carbocycles. The number of benzene rings is 1. The molecule has 0 atom stereocenters. The quantitative estimate of drug-likeness (QED) is 0.929. The van der Waals surface area contributed by atoms with Crippen LogP contribution in [0.2, 0.25) is 5.02 Å². The van der Waals surface area contributed by atoms with Crippen LogP contribution < -0.4 is 4.74 Å². The van der Waals surface area contributed by atoms with E-state index in [1.165, 1.54) is 6.07 Å². The van der Waals surface area contributed by atoms with Gasteiger partial charge in [0.15, 0.2) is 0 Å². The van der Waals surface area contributed by atoms with E-state index in [1.807, 2.05) is 6.92 Å². The Balaban J connectivity index is 2.52. The van der Waals surface area contributed by atoms with Crippen LogP contribution >= 0.6 is 11.6 Å². The second kappa shape index (κ2) is 5.71. The van der Waals surface area contributed by atoms with Crippen LogP contribution in [0.25, 0.3) is 11.1 Å².